The van der Waals surface area contributed by atoms with Crippen LogP contribution in [0, 0.1) is 0 Å². The van der Waals surface area contributed by atoms with Gasteiger partial charge in [-0.3, -0.25) is 4.31 Å². The van der Waals surface area contributed by atoms with Crippen LogP contribution in [-0.4, -0.2) is 49.4 Å². The highest BCUT2D eigenvalue weighted by molar-refractivity contribution is 7.92. The Morgan fingerprint density at radius 3 is 2.05 bits per heavy atom. The lowest BCUT2D eigenvalue weighted by Gasteiger charge is -2.31. The maximum absolute atomic E-state index is 13.3. The van der Waals surface area contributed by atoms with Crippen molar-refractivity contribution in [1.82, 2.24) is 0 Å². The summed E-state index contributed by atoms with van der Waals surface area (Å²) >= 11 is 0. The van der Waals surface area contributed by atoms with Crippen molar-refractivity contribution in [2.45, 2.75) is 17.7 Å². The van der Waals surface area contributed by atoms with Gasteiger partial charge in [-0.05, 0) is 60.9 Å². The molecule has 1 aliphatic rings. The Hall–Kier alpha value is -4.12. The third-order valence-electron chi connectivity index (χ3n) is 5.98. The zero-order valence-corrected chi connectivity index (χ0v) is 21.8. The number of methoxy groups -OCH3 is 4. The van der Waals surface area contributed by atoms with Crippen LogP contribution in [-0.2, 0) is 16.4 Å². The van der Waals surface area contributed by atoms with Crippen LogP contribution >= 0.6 is 0 Å². The molecule has 2 amide bonds. The molecule has 1 heterocycles. The average molecular weight is 528 g/mol. The molecule has 1 aliphatic heterocycles. The summed E-state index contributed by atoms with van der Waals surface area (Å²) in [5.74, 6) is 1.81. The molecule has 0 aromatic heterocycles. The van der Waals surface area contributed by atoms with Crippen molar-refractivity contribution >= 4 is 33.1 Å². The lowest BCUT2D eigenvalue weighted by atomic mass is 10.0. The quantitative estimate of drug-likeness (QED) is 0.443. The van der Waals surface area contributed by atoms with E-state index in [9.17, 15) is 13.2 Å². The Labute approximate surface area is 216 Å². The minimum Gasteiger partial charge on any atom is -0.497 e. The van der Waals surface area contributed by atoms with Crippen molar-refractivity contribution in [1.29, 1.82) is 0 Å². The summed E-state index contributed by atoms with van der Waals surface area (Å²) in [4.78, 5) is 12.9. The number of rotatable bonds is 8. The maximum Gasteiger partial charge on any atom is 0.323 e. The fraction of sp³-hybridized carbons (Fsp3) is 0.269. The fourth-order valence-electron chi connectivity index (χ4n) is 4.21. The second-order valence-corrected chi connectivity index (χ2v) is 10.1. The van der Waals surface area contributed by atoms with E-state index in [4.69, 9.17) is 18.9 Å². The van der Waals surface area contributed by atoms with Gasteiger partial charge in [0, 0.05) is 24.4 Å². The first kappa shape index (κ1) is 26.0. The predicted octanol–water partition coefficient (Wildman–Crippen LogP) is 4.51. The van der Waals surface area contributed by atoms with Gasteiger partial charge in [0.1, 0.15) is 5.75 Å². The molecular weight excluding hydrogens is 498 g/mol. The molecule has 0 spiro atoms. The Morgan fingerprint density at radius 2 is 1.46 bits per heavy atom. The molecular formula is C26H29N3O7S. The number of benzene rings is 3. The van der Waals surface area contributed by atoms with Gasteiger partial charge in [-0.2, -0.15) is 0 Å². The number of aryl methyl sites for hydroxylation is 1. The number of amides is 2. The molecule has 0 fully saturated rings. The molecule has 4 rings (SSSR count). The molecule has 0 atom stereocenters. The van der Waals surface area contributed by atoms with E-state index < -0.39 is 16.1 Å². The smallest absolute Gasteiger partial charge is 0.323 e. The number of hydrogen-bond acceptors (Lipinski definition) is 7. The van der Waals surface area contributed by atoms with Gasteiger partial charge in [0.25, 0.3) is 10.0 Å². The number of carbonyl (C=O) groups excluding carboxylic acids is 1. The fourth-order valence-corrected chi connectivity index (χ4v) is 5.75. The minimum absolute atomic E-state index is 0.188. The third-order valence-corrected chi connectivity index (χ3v) is 7.81. The van der Waals surface area contributed by atoms with Crippen LogP contribution in [0.15, 0.2) is 59.5 Å². The van der Waals surface area contributed by atoms with Crippen LogP contribution in [0.4, 0.5) is 21.9 Å². The second kappa shape index (κ2) is 10.9. The van der Waals surface area contributed by atoms with Gasteiger partial charge in [-0.15, -0.1) is 0 Å². The Kier molecular flexibility index (Phi) is 7.63. The molecule has 11 heteroatoms. The van der Waals surface area contributed by atoms with E-state index in [1.807, 2.05) is 0 Å². The number of fused-ring (bicyclic) bond motifs is 1. The van der Waals surface area contributed by atoms with Crippen molar-refractivity contribution < 1.29 is 32.2 Å². The molecule has 0 saturated carbocycles. The molecule has 0 bridgehead atoms. The molecule has 2 N–H and O–H groups in total. The lowest BCUT2D eigenvalue weighted by molar-refractivity contribution is 0.262. The van der Waals surface area contributed by atoms with Crippen LogP contribution in [0.1, 0.15) is 12.0 Å². The number of urea groups is 1. The SMILES string of the molecule is COc1ccc(S(=O)(=O)N2CCCc3cc(NC(=O)Nc4cc(OC)c(OC)c(OC)c4)ccc32)cc1. The lowest BCUT2D eigenvalue weighted by Crippen LogP contribution is -2.35. The summed E-state index contributed by atoms with van der Waals surface area (Å²) in [7, 11) is 2.26. The summed E-state index contributed by atoms with van der Waals surface area (Å²) < 4.78 is 49.2. The molecule has 10 nitrogen and oxygen atoms in total. The molecule has 0 unspecified atom stereocenters. The normalized spacial score (nSPS) is 12.8. The van der Waals surface area contributed by atoms with E-state index in [0.29, 0.717) is 59.4 Å². The summed E-state index contributed by atoms with van der Waals surface area (Å²) in [6.07, 6.45) is 1.34. The summed E-state index contributed by atoms with van der Waals surface area (Å²) in [6, 6.07) is 14.3. The van der Waals surface area contributed by atoms with Crippen molar-refractivity contribution in [3.63, 3.8) is 0 Å². The van der Waals surface area contributed by atoms with Gasteiger partial charge < -0.3 is 29.6 Å². The largest absolute Gasteiger partial charge is 0.497 e. The topological polar surface area (TPSA) is 115 Å². The second-order valence-electron chi connectivity index (χ2n) is 8.19. The van der Waals surface area contributed by atoms with Gasteiger partial charge in [0.15, 0.2) is 11.5 Å². The van der Waals surface area contributed by atoms with Crippen LogP contribution in [0.25, 0.3) is 0 Å². The van der Waals surface area contributed by atoms with E-state index in [1.165, 1.54) is 44.9 Å². The number of sulfonamides is 1. The van der Waals surface area contributed by atoms with Crippen molar-refractivity contribution in [3.05, 3.63) is 60.2 Å². The van der Waals surface area contributed by atoms with Gasteiger partial charge >= 0.3 is 6.03 Å². The molecule has 0 radical (unpaired) electrons. The predicted molar refractivity (Wildman–Crippen MR) is 141 cm³/mol. The van der Waals surface area contributed by atoms with Crippen molar-refractivity contribution in [2.24, 2.45) is 0 Å². The van der Waals surface area contributed by atoms with Crippen LogP contribution in [0.5, 0.6) is 23.0 Å². The van der Waals surface area contributed by atoms with Crippen LogP contribution in [0.3, 0.4) is 0 Å². The monoisotopic (exact) mass is 527 g/mol. The Balaban J connectivity index is 1.52. The Bertz CT molecular complexity index is 1370. The zero-order chi connectivity index (χ0) is 26.6. The first-order valence-corrected chi connectivity index (χ1v) is 12.9. The van der Waals surface area contributed by atoms with E-state index >= 15 is 0 Å². The van der Waals surface area contributed by atoms with Crippen LogP contribution < -0.4 is 33.9 Å². The van der Waals surface area contributed by atoms with E-state index in [-0.39, 0.29) is 4.90 Å². The highest BCUT2D eigenvalue weighted by Crippen LogP contribution is 2.40. The number of nitrogens with zero attached hydrogens (tertiary/aromatic N) is 1. The summed E-state index contributed by atoms with van der Waals surface area (Å²) in [6.45, 7) is 0.371. The molecule has 0 aliphatic carbocycles. The minimum atomic E-state index is -3.75. The number of carbonyl (C=O) groups is 1. The van der Waals surface area contributed by atoms with E-state index in [0.717, 1.165) is 5.56 Å². The number of ether oxygens (including phenoxy) is 4. The van der Waals surface area contributed by atoms with E-state index in [1.54, 1.807) is 42.5 Å². The highest BCUT2D eigenvalue weighted by atomic mass is 32.2. The first-order valence-electron chi connectivity index (χ1n) is 11.5. The van der Waals surface area contributed by atoms with Gasteiger partial charge in [-0.1, -0.05) is 0 Å². The molecule has 0 saturated heterocycles. The highest BCUT2D eigenvalue weighted by Gasteiger charge is 2.29. The van der Waals surface area contributed by atoms with Crippen molar-refractivity contribution in [3.8, 4) is 23.0 Å². The first-order chi connectivity index (χ1) is 17.8. The molecule has 196 valence electrons. The van der Waals surface area contributed by atoms with Crippen LogP contribution in [0.2, 0.25) is 0 Å². The summed E-state index contributed by atoms with van der Waals surface area (Å²) in [5, 5.41) is 5.55. The number of nitrogens with one attached hydrogen (secondary N) is 2. The molecule has 3 aromatic rings. The van der Waals surface area contributed by atoms with Gasteiger partial charge in [0.2, 0.25) is 5.75 Å². The van der Waals surface area contributed by atoms with Crippen molar-refractivity contribution in [2.75, 3.05) is 49.9 Å². The van der Waals surface area contributed by atoms with E-state index in [2.05, 4.69) is 10.6 Å². The van der Waals surface area contributed by atoms with Gasteiger partial charge in [0.05, 0.1) is 44.7 Å². The molecule has 37 heavy (non-hydrogen) atoms. The standard InChI is InChI=1S/C26H29N3O7S/c1-33-20-8-10-21(11-9-20)37(31,32)29-13-5-6-17-14-18(7-12-22(17)29)27-26(30)28-19-15-23(34-2)25(36-4)24(16-19)35-3/h7-12,14-16H,5-6,13H2,1-4H3,(H2,27,28,30). The average Bonchev–Trinajstić information content (AvgIpc) is 2.91. The third kappa shape index (κ3) is 5.36. The zero-order valence-electron chi connectivity index (χ0n) is 21.0. The maximum atomic E-state index is 13.3. The Morgan fingerprint density at radius 1 is 0.811 bits per heavy atom. The molecule has 3 aromatic carbocycles. The number of hydrogen-bond donors (Lipinski definition) is 2. The van der Waals surface area contributed by atoms with Gasteiger partial charge in [-0.25, -0.2) is 13.2 Å². The summed E-state index contributed by atoms with van der Waals surface area (Å²) in [5.41, 5.74) is 2.40. The number of anilines is 3.